The molecule has 8 nitrogen and oxygen atoms in total. The van der Waals surface area contributed by atoms with Gasteiger partial charge in [-0.25, -0.2) is 5.43 Å². The van der Waals surface area contributed by atoms with E-state index in [1.54, 1.807) is 11.3 Å². The van der Waals surface area contributed by atoms with Gasteiger partial charge < -0.3 is 9.47 Å². The van der Waals surface area contributed by atoms with Gasteiger partial charge in [0.1, 0.15) is 0 Å². The number of hydrogen-bond acceptors (Lipinski definition) is 7. The minimum Gasteiger partial charge on any atom is -0.454 e. The third-order valence-electron chi connectivity index (χ3n) is 5.71. The van der Waals surface area contributed by atoms with Crippen LogP contribution < -0.4 is 14.9 Å². The highest BCUT2D eigenvalue weighted by atomic mass is 32.1. The first-order valence-electron chi connectivity index (χ1n) is 9.74. The molecule has 1 N–H and O–H groups in total. The molecule has 0 radical (unpaired) electrons. The number of rotatable bonds is 4. The zero-order valence-corrected chi connectivity index (χ0v) is 17.9. The minimum absolute atomic E-state index is 0.0170. The van der Waals surface area contributed by atoms with Crippen molar-refractivity contribution >= 4 is 29.1 Å². The number of nitrogens with zero attached hydrogens (tertiary/aromatic N) is 2. The molecule has 0 bridgehead atoms. The SMILES string of the molecule is CC(C)(C)[C@H]1CCc2c(C(=O)N/N=C/c3cc4c(cc3[N+](=O)[O-])OCO4)csc2C1. The molecule has 0 unspecified atom stereocenters. The first-order valence-corrected chi connectivity index (χ1v) is 10.6. The number of nitrogens with one attached hydrogen (secondary N) is 1. The molecule has 0 fully saturated rings. The molecule has 30 heavy (non-hydrogen) atoms. The Morgan fingerprint density at radius 2 is 2.07 bits per heavy atom. The Morgan fingerprint density at radius 1 is 1.33 bits per heavy atom. The predicted molar refractivity (Wildman–Crippen MR) is 114 cm³/mol. The first kappa shape index (κ1) is 20.3. The average Bonchev–Trinajstić information content (AvgIpc) is 3.32. The molecule has 2 aromatic rings. The van der Waals surface area contributed by atoms with Gasteiger partial charge in [0, 0.05) is 10.3 Å². The van der Waals surface area contributed by atoms with E-state index in [2.05, 4.69) is 31.3 Å². The van der Waals surface area contributed by atoms with Gasteiger partial charge in [0.25, 0.3) is 11.6 Å². The van der Waals surface area contributed by atoms with E-state index in [0.29, 0.717) is 23.0 Å². The Balaban J connectivity index is 1.49. The molecule has 158 valence electrons. The van der Waals surface area contributed by atoms with Gasteiger partial charge in [0.05, 0.1) is 28.3 Å². The molecule has 1 aliphatic heterocycles. The van der Waals surface area contributed by atoms with E-state index >= 15 is 0 Å². The molecule has 4 rings (SSSR count). The number of fused-ring (bicyclic) bond motifs is 2. The van der Waals surface area contributed by atoms with Crippen LogP contribution in [0, 0.1) is 21.4 Å². The third-order valence-corrected chi connectivity index (χ3v) is 6.76. The van der Waals surface area contributed by atoms with Gasteiger partial charge in [-0.2, -0.15) is 5.10 Å². The lowest BCUT2D eigenvalue weighted by atomic mass is 9.72. The lowest BCUT2D eigenvalue weighted by Crippen LogP contribution is -2.27. The maximum atomic E-state index is 12.7. The Hall–Kier alpha value is -2.94. The zero-order valence-electron chi connectivity index (χ0n) is 17.1. The maximum Gasteiger partial charge on any atom is 0.282 e. The summed E-state index contributed by atoms with van der Waals surface area (Å²) in [4.78, 5) is 24.7. The van der Waals surface area contributed by atoms with E-state index in [4.69, 9.17) is 9.47 Å². The summed E-state index contributed by atoms with van der Waals surface area (Å²) in [7, 11) is 0. The number of nitro benzene ring substituents is 1. The van der Waals surface area contributed by atoms with Gasteiger partial charge in [0.2, 0.25) is 6.79 Å². The number of carbonyl (C=O) groups excluding carboxylic acids is 1. The maximum absolute atomic E-state index is 12.7. The summed E-state index contributed by atoms with van der Waals surface area (Å²) < 4.78 is 10.4. The van der Waals surface area contributed by atoms with Crippen molar-refractivity contribution in [1.82, 2.24) is 5.43 Å². The minimum atomic E-state index is -0.522. The normalized spacial score (nSPS) is 17.8. The quantitative estimate of drug-likeness (QED) is 0.443. The second kappa shape index (κ2) is 7.71. The van der Waals surface area contributed by atoms with Gasteiger partial charge in [0.15, 0.2) is 11.5 Å². The van der Waals surface area contributed by atoms with Gasteiger partial charge in [-0.1, -0.05) is 20.8 Å². The van der Waals surface area contributed by atoms with Crippen LogP contribution >= 0.6 is 11.3 Å². The number of benzene rings is 1. The van der Waals surface area contributed by atoms with E-state index in [-0.39, 0.29) is 29.4 Å². The van der Waals surface area contributed by atoms with Crippen molar-refractivity contribution in [2.75, 3.05) is 6.79 Å². The number of nitro groups is 1. The fraction of sp³-hybridized carbons (Fsp3) is 0.429. The van der Waals surface area contributed by atoms with Crippen LogP contribution in [0.2, 0.25) is 0 Å². The first-order chi connectivity index (χ1) is 14.2. The monoisotopic (exact) mass is 429 g/mol. The molecule has 0 saturated heterocycles. The second-order valence-electron chi connectivity index (χ2n) is 8.58. The van der Waals surface area contributed by atoms with Crippen LogP contribution in [0.25, 0.3) is 0 Å². The number of amides is 1. The van der Waals surface area contributed by atoms with Crippen molar-refractivity contribution in [2.45, 2.75) is 40.0 Å². The molecule has 0 spiro atoms. The molecule has 1 aliphatic carbocycles. The molecule has 1 aromatic carbocycles. The number of thiophene rings is 1. The number of carbonyl (C=O) groups is 1. The summed E-state index contributed by atoms with van der Waals surface area (Å²) in [6.45, 7) is 6.79. The summed E-state index contributed by atoms with van der Waals surface area (Å²) in [6, 6.07) is 2.78. The molecular weight excluding hydrogens is 406 g/mol. The van der Waals surface area contributed by atoms with E-state index in [0.717, 1.165) is 24.8 Å². The van der Waals surface area contributed by atoms with Gasteiger partial charge >= 0.3 is 0 Å². The average molecular weight is 429 g/mol. The highest BCUT2D eigenvalue weighted by Gasteiger charge is 2.31. The smallest absolute Gasteiger partial charge is 0.282 e. The van der Waals surface area contributed by atoms with E-state index < -0.39 is 4.92 Å². The fourth-order valence-corrected chi connectivity index (χ4v) is 5.03. The van der Waals surface area contributed by atoms with E-state index in [9.17, 15) is 14.9 Å². The summed E-state index contributed by atoms with van der Waals surface area (Å²) in [5.74, 6) is 1.03. The van der Waals surface area contributed by atoms with Crippen molar-refractivity contribution in [2.24, 2.45) is 16.4 Å². The standard InChI is InChI=1S/C21H23N3O5S/c1-21(2,3)13-4-5-14-15(10-30-19(14)7-13)20(25)23-22-9-12-6-17-18(29-11-28-17)8-16(12)24(26)27/h6,8-10,13H,4-5,7,11H2,1-3H3,(H,23,25)/b22-9+/t13-/m0/s1. The largest absolute Gasteiger partial charge is 0.454 e. The molecule has 0 saturated carbocycles. The van der Waals surface area contributed by atoms with Crippen LogP contribution in [-0.2, 0) is 12.8 Å². The van der Waals surface area contributed by atoms with Crippen LogP contribution in [-0.4, -0.2) is 23.8 Å². The van der Waals surface area contributed by atoms with Crippen molar-refractivity contribution in [3.05, 3.63) is 49.2 Å². The van der Waals surface area contributed by atoms with Gasteiger partial charge in [-0.3, -0.25) is 14.9 Å². The Labute approximate surface area is 178 Å². The highest BCUT2D eigenvalue weighted by molar-refractivity contribution is 7.10. The molecule has 1 atom stereocenters. The summed E-state index contributed by atoms with van der Waals surface area (Å²) >= 11 is 1.62. The number of hydrogen-bond donors (Lipinski definition) is 1. The van der Waals surface area contributed by atoms with Crippen molar-refractivity contribution in [1.29, 1.82) is 0 Å². The third kappa shape index (κ3) is 3.89. The lowest BCUT2D eigenvalue weighted by molar-refractivity contribution is -0.385. The molecule has 1 amide bonds. The van der Waals surface area contributed by atoms with E-state index in [1.165, 1.54) is 23.2 Å². The number of hydrazone groups is 1. The summed E-state index contributed by atoms with van der Waals surface area (Å²) in [5.41, 5.74) is 4.54. The Bertz CT molecular complexity index is 1040. The lowest BCUT2D eigenvalue weighted by Gasteiger charge is -2.33. The topological polar surface area (TPSA) is 103 Å². The fourth-order valence-electron chi connectivity index (χ4n) is 3.87. The van der Waals surface area contributed by atoms with Crippen molar-refractivity contribution < 1.29 is 19.2 Å². The number of ether oxygens (including phenoxy) is 2. The molecule has 2 heterocycles. The molecular formula is C21H23N3O5S. The highest BCUT2D eigenvalue weighted by Crippen LogP contribution is 2.40. The molecule has 2 aliphatic rings. The van der Waals surface area contributed by atoms with Crippen molar-refractivity contribution in [3.63, 3.8) is 0 Å². The van der Waals surface area contributed by atoms with Crippen LogP contribution in [0.1, 0.15) is 53.6 Å². The molecule has 1 aromatic heterocycles. The zero-order chi connectivity index (χ0) is 21.5. The Kier molecular flexibility index (Phi) is 5.23. The summed E-state index contributed by atoms with van der Waals surface area (Å²) in [5, 5.41) is 17.2. The van der Waals surface area contributed by atoms with Crippen molar-refractivity contribution in [3.8, 4) is 11.5 Å². The second-order valence-corrected chi connectivity index (χ2v) is 9.54. The van der Waals surface area contributed by atoms with Crippen LogP contribution in [0.4, 0.5) is 5.69 Å². The van der Waals surface area contributed by atoms with E-state index in [1.807, 2.05) is 5.38 Å². The van der Waals surface area contributed by atoms with Crippen LogP contribution in [0.15, 0.2) is 22.6 Å². The summed E-state index contributed by atoms with van der Waals surface area (Å²) in [6.07, 6.45) is 4.18. The van der Waals surface area contributed by atoms with Gasteiger partial charge in [-0.05, 0) is 42.2 Å². The van der Waals surface area contributed by atoms with Gasteiger partial charge in [-0.15, -0.1) is 11.3 Å². The van der Waals surface area contributed by atoms with Crippen LogP contribution in [0.3, 0.4) is 0 Å². The molecule has 9 heteroatoms. The van der Waals surface area contributed by atoms with Crippen LogP contribution in [0.5, 0.6) is 11.5 Å². The predicted octanol–water partition coefficient (Wildman–Crippen LogP) is 4.30. The Morgan fingerprint density at radius 3 is 2.77 bits per heavy atom.